The minimum atomic E-state index is -0.506. The third kappa shape index (κ3) is 4.69. The Labute approximate surface area is 133 Å². The van der Waals surface area contributed by atoms with Crippen molar-refractivity contribution in [2.75, 3.05) is 0 Å². The van der Waals surface area contributed by atoms with Gasteiger partial charge in [0, 0.05) is 10.9 Å². The molecular formula is C16H16ClNO2S. The molecule has 0 unspecified atom stereocenters. The van der Waals surface area contributed by atoms with Crippen molar-refractivity contribution in [3.63, 3.8) is 0 Å². The minimum absolute atomic E-state index is 0.00483. The highest BCUT2D eigenvalue weighted by molar-refractivity contribution is 7.99. The zero-order valence-corrected chi connectivity index (χ0v) is 13.4. The van der Waals surface area contributed by atoms with Crippen LogP contribution in [0, 0.1) is 0 Å². The molecule has 0 atom stereocenters. The molecule has 0 spiro atoms. The summed E-state index contributed by atoms with van der Waals surface area (Å²) in [5.41, 5.74) is 0. The highest BCUT2D eigenvalue weighted by Gasteiger charge is 2.14. The molecule has 0 heterocycles. The fraction of sp³-hybridized carbons (Fsp3) is 0.188. The van der Waals surface area contributed by atoms with Crippen LogP contribution in [0.2, 0.25) is 5.02 Å². The minimum Gasteiger partial charge on any atom is -0.408 e. The van der Waals surface area contributed by atoms with E-state index in [4.69, 9.17) is 16.3 Å². The fourth-order valence-electron chi connectivity index (χ4n) is 1.64. The number of para-hydroxylation sites is 1. The molecule has 0 fully saturated rings. The molecule has 3 nitrogen and oxygen atoms in total. The number of halogens is 1. The van der Waals surface area contributed by atoms with Gasteiger partial charge in [-0.2, -0.15) is 0 Å². The van der Waals surface area contributed by atoms with E-state index in [9.17, 15) is 4.79 Å². The molecule has 0 radical (unpaired) electrons. The second-order valence-corrected chi connectivity index (χ2v) is 6.19. The first-order chi connectivity index (χ1) is 10.1. The highest BCUT2D eigenvalue weighted by Crippen LogP contribution is 2.39. The van der Waals surface area contributed by atoms with Crippen LogP contribution in [-0.4, -0.2) is 12.1 Å². The van der Waals surface area contributed by atoms with Gasteiger partial charge >= 0.3 is 6.09 Å². The summed E-state index contributed by atoms with van der Waals surface area (Å²) in [5.74, 6) is 0.381. The molecule has 0 aliphatic heterocycles. The van der Waals surface area contributed by atoms with Crippen molar-refractivity contribution in [2.24, 2.45) is 0 Å². The van der Waals surface area contributed by atoms with Gasteiger partial charge in [0.1, 0.15) is 0 Å². The lowest BCUT2D eigenvalue weighted by molar-refractivity contribution is 0.196. The Kier molecular flexibility index (Phi) is 5.53. The van der Waals surface area contributed by atoms with E-state index in [1.807, 2.05) is 56.3 Å². The van der Waals surface area contributed by atoms with Crippen molar-refractivity contribution in [3.8, 4) is 5.75 Å². The molecule has 0 saturated carbocycles. The van der Waals surface area contributed by atoms with Crippen LogP contribution in [0.1, 0.15) is 13.8 Å². The summed E-state index contributed by atoms with van der Waals surface area (Å²) >= 11 is 7.66. The predicted molar refractivity (Wildman–Crippen MR) is 86.3 cm³/mol. The summed E-state index contributed by atoms with van der Waals surface area (Å²) in [6.45, 7) is 3.74. The maximum Gasteiger partial charge on any atom is 0.412 e. The van der Waals surface area contributed by atoms with Gasteiger partial charge in [-0.3, -0.25) is 0 Å². The average molecular weight is 322 g/mol. The second-order valence-electron chi connectivity index (χ2n) is 4.67. The molecule has 0 aromatic heterocycles. The molecule has 110 valence electrons. The van der Waals surface area contributed by atoms with Gasteiger partial charge in [0.25, 0.3) is 0 Å². The first-order valence-corrected chi connectivity index (χ1v) is 7.75. The summed E-state index contributed by atoms with van der Waals surface area (Å²) in [7, 11) is 0. The van der Waals surface area contributed by atoms with Crippen LogP contribution in [-0.2, 0) is 0 Å². The van der Waals surface area contributed by atoms with Crippen LogP contribution in [0.4, 0.5) is 4.79 Å². The van der Waals surface area contributed by atoms with E-state index >= 15 is 0 Å². The number of benzene rings is 2. The molecule has 5 heteroatoms. The summed E-state index contributed by atoms with van der Waals surface area (Å²) < 4.78 is 5.36. The Morgan fingerprint density at radius 1 is 1.14 bits per heavy atom. The zero-order valence-electron chi connectivity index (χ0n) is 11.8. The molecule has 2 aromatic carbocycles. The number of nitrogens with one attached hydrogen (secondary N) is 1. The molecule has 0 saturated heterocycles. The van der Waals surface area contributed by atoms with Crippen molar-refractivity contribution >= 4 is 29.5 Å². The fourth-order valence-corrected chi connectivity index (χ4v) is 2.85. The van der Waals surface area contributed by atoms with Gasteiger partial charge in [-0.05, 0) is 38.1 Å². The van der Waals surface area contributed by atoms with Gasteiger partial charge in [0.05, 0.1) is 9.92 Å². The van der Waals surface area contributed by atoms with E-state index in [1.165, 1.54) is 11.8 Å². The average Bonchev–Trinajstić information content (AvgIpc) is 2.43. The Balaban J connectivity index is 2.22. The Morgan fingerprint density at radius 2 is 1.86 bits per heavy atom. The van der Waals surface area contributed by atoms with Crippen molar-refractivity contribution in [3.05, 3.63) is 53.6 Å². The van der Waals surface area contributed by atoms with Gasteiger partial charge in [0.15, 0.2) is 5.75 Å². The Morgan fingerprint density at radius 3 is 2.52 bits per heavy atom. The van der Waals surface area contributed by atoms with Crippen molar-refractivity contribution in [1.29, 1.82) is 0 Å². The first-order valence-electron chi connectivity index (χ1n) is 6.56. The molecular weight excluding hydrogens is 306 g/mol. The van der Waals surface area contributed by atoms with Gasteiger partial charge in [-0.15, -0.1) is 0 Å². The van der Waals surface area contributed by atoms with E-state index < -0.39 is 6.09 Å². The summed E-state index contributed by atoms with van der Waals surface area (Å²) in [6.07, 6.45) is -0.506. The van der Waals surface area contributed by atoms with Crippen molar-refractivity contribution in [1.82, 2.24) is 5.32 Å². The highest BCUT2D eigenvalue weighted by atomic mass is 35.5. The van der Waals surface area contributed by atoms with Gasteiger partial charge in [0.2, 0.25) is 0 Å². The van der Waals surface area contributed by atoms with Gasteiger partial charge in [-0.1, -0.05) is 47.6 Å². The number of amides is 1. The van der Waals surface area contributed by atoms with Crippen LogP contribution in [0.25, 0.3) is 0 Å². The van der Waals surface area contributed by atoms with E-state index in [0.29, 0.717) is 10.8 Å². The van der Waals surface area contributed by atoms with Crippen LogP contribution in [0.15, 0.2) is 58.3 Å². The first kappa shape index (κ1) is 15.7. The number of carbonyl (C=O) groups excluding carboxylic acids is 1. The van der Waals surface area contributed by atoms with E-state index in [0.717, 1.165) is 9.79 Å². The van der Waals surface area contributed by atoms with Crippen LogP contribution >= 0.6 is 23.4 Å². The quantitative estimate of drug-likeness (QED) is 0.862. The second kappa shape index (κ2) is 7.38. The lowest BCUT2D eigenvalue weighted by atomic mass is 10.3. The monoisotopic (exact) mass is 321 g/mol. The largest absolute Gasteiger partial charge is 0.412 e. The summed E-state index contributed by atoms with van der Waals surface area (Å²) in [6, 6.07) is 15.3. The smallest absolute Gasteiger partial charge is 0.408 e. The molecule has 2 aromatic rings. The Bertz CT molecular complexity index is 617. The number of hydrogen-bond acceptors (Lipinski definition) is 3. The summed E-state index contributed by atoms with van der Waals surface area (Å²) in [4.78, 5) is 13.6. The number of carbonyl (C=O) groups is 1. The molecule has 0 bridgehead atoms. The van der Waals surface area contributed by atoms with E-state index in [1.54, 1.807) is 6.07 Å². The normalized spacial score (nSPS) is 10.5. The van der Waals surface area contributed by atoms with Crippen molar-refractivity contribution < 1.29 is 9.53 Å². The van der Waals surface area contributed by atoms with E-state index in [-0.39, 0.29) is 6.04 Å². The zero-order chi connectivity index (χ0) is 15.2. The SMILES string of the molecule is CC(C)NC(=O)Oc1c(Cl)cccc1Sc1ccccc1. The van der Waals surface area contributed by atoms with Crippen LogP contribution in [0.3, 0.4) is 0 Å². The third-order valence-electron chi connectivity index (χ3n) is 2.50. The maximum atomic E-state index is 11.8. The van der Waals surface area contributed by atoms with Gasteiger partial charge < -0.3 is 10.1 Å². The maximum absolute atomic E-state index is 11.8. The summed E-state index contributed by atoms with van der Waals surface area (Å²) in [5, 5.41) is 3.09. The number of hydrogen-bond donors (Lipinski definition) is 1. The number of ether oxygens (including phenoxy) is 1. The standard InChI is InChI=1S/C16H16ClNO2S/c1-11(2)18-16(19)20-15-13(17)9-6-10-14(15)21-12-7-4-3-5-8-12/h3-11H,1-2H3,(H,18,19). The molecule has 0 aliphatic rings. The molecule has 2 rings (SSSR count). The van der Waals surface area contributed by atoms with E-state index in [2.05, 4.69) is 5.32 Å². The molecule has 1 N–H and O–H groups in total. The predicted octanol–water partition coefficient (Wildman–Crippen LogP) is 4.99. The molecule has 0 aliphatic carbocycles. The number of rotatable bonds is 4. The van der Waals surface area contributed by atoms with Crippen molar-refractivity contribution in [2.45, 2.75) is 29.7 Å². The van der Waals surface area contributed by atoms with Crippen LogP contribution in [0.5, 0.6) is 5.75 Å². The Hall–Kier alpha value is -1.65. The van der Waals surface area contributed by atoms with Crippen LogP contribution < -0.4 is 10.1 Å². The lowest BCUT2D eigenvalue weighted by Gasteiger charge is -2.13. The molecule has 21 heavy (non-hydrogen) atoms. The molecule has 1 amide bonds. The lowest BCUT2D eigenvalue weighted by Crippen LogP contribution is -2.32. The topological polar surface area (TPSA) is 38.3 Å². The van der Waals surface area contributed by atoms with Gasteiger partial charge in [-0.25, -0.2) is 4.79 Å². The third-order valence-corrected chi connectivity index (χ3v) is 3.85.